The van der Waals surface area contributed by atoms with E-state index >= 15 is 0 Å². The van der Waals surface area contributed by atoms with Crippen molar-refractivity contribution in [2.75, 3.05) is 18.1 Å². The molecule has 8 nitrogen and oxygen atoms in total. The molecule has 1 atom stereocenters. The van der Waals surface area contributed by atoms with Gasteiger partial charge in [0.05, 0.1) is 30.7 Å². The van der Waals surface area contributed by atoms with Crippen LogP contribution in [0.25, 0.3) is 0 Å². The van der Waals surface area contributed by atoms with Gasteiger partial charge in [-0.15, -0.1) is 5.10 Å². The average molecular weight is 459 g/mol. The molecule has 1 fully saturated rings. The number of hydrogen-bond acceptors (Lipinski definition) is 6. The Labute approximate surface area is 189 Å². The monoisotopic (exact) mass is 458 g/mol. The molecule has 0 amide bonds. The number of hydrogen-bond donors (Lipinski definition) is 0. The third kappa shape index (κ3) is 3.91. The Kier molecular flexibility index (Phi) is 5.69. The van der Waals surface area contributed by atoms with E-state index in [-0.39, 0.29) is 22.6 Å². The molecule has 3 aromatic rings. The van der Waals surface area contributed by atoms with E-state index in [1.165, 1.54) is 16.8 Å². The van der Waals surface area contributed by atoms with Gasteiger partial charge in [0.2, 0.25) is 0 Å². The molecular weight excluding hydrogens is 435 g/mol. The number of fused-ring (bicyclic) bond motifs is 1. The van der Waals surface area contributed by atoms with Gasteiger partial charge in [-0.1, -0.05) is 22.9 Å². The Morgan fingerprint density at radius 3 is 2.97 bits per heavy atom. The fourth-order valence-electron chi connectivity index (χ4n) is 4.37. The van der Waals surface area contributed by atoms with Gasteiger partial charge in [0.1, 0.15) is 16.5 Å². The fourth-order valence-corrected chi connectivity index (χ4v) is 4.63. The highest BCUT2D eigenvalue weighted by Crippen LogP contribution is 2.29. The van der Waals surface area contributed by atoms with Crippen molar-refractivity contribution in [1.29, 1.82) is 0 Å². The number of halogens is 2. The number of benzene rings is 1. The zero-order valence-corrected chi connectivity index (χ0v) is 18.6. The van der Waals surface area contributed by atoms with E-state index < -0.39 is 0 Å². The lowest BCUT2D eigenvalue weighted by atomic mass is 10.1. The van der Waals surface area contributed by atoms with Crippen LogP contribution in [-0.2, 0) is 24.2 Å². The minimum Gasteiger partial charge on any atom is -0.362 e. The van der Waals surface area contributed by atoms with Crippen molar-refractivity contribution in [2.24, 2.45) is 0 Å². The molecule has 0 saturated carbocycles. The van der Waals surface area contributed by atoms with Gasteiger partial charge in [-0.2, -0.15) is 9.78 Å². The Balaban J connectivity index is 1.36. The summed E-state index contributed by atoms with van der Waals surface area (Å²) in [6.45, 7) is 4.20. The second-order valence-electron chi connectivity index (χ2n) is 8.30. The molecule has 0 N–H and O–H groups in total. The minimum absolute atomic E-state index is 0.145. The molecule has 168 valence electrons. The van der Waals surface area contributed by atoms with E-state index in [4.69, 9.17) is 16.3 Å². The van der Waals surface area contributed by atoms with Gasteiger partial charge in [0.25, 0.3) is 5.56 Å². The number of aromatic nitrogens is 5. The largest absolute Gasteiger partial charge is 0.362 e. The molecule has 32 heavy (non-hydrogen) atoms. The highest BCUT2D eigenvalue weighted by molar-refractivity contribution is 6.33. The van der Waals surface area contributed by atoms with Gasteiger partial charge in [0.15, 0.2) is 6.23 Å². The maximum atomic E-state index is 13.4. The van der Waals surface area contributed by atoms with Crippen molar-refractivity contribution in [3.8, 4) is 0 Å². The minimum atomic E-state index is -0.356. The van der Waals surface area contributed by atoms with Crippen LogP contribution in [0.4, 0.5) is 10.1 Å². The van der Waals surface area contributed by atoms with E-state index in [1.54, 1.807) is 12.3 Å². The molecule has 2 aliphatic heterocycles. The smallest absolute Gasteiger partial charge is 0.290 e. The van der Waals surface area contributed by atoms with Crippen LogP contribution in [0, 0.1) is 12.7 Å². The third-order valence-corrected chi connectivity index (χ3v) is 6.55. The maximum absolute atomic E-state index is 13.4. The van der Waals surface area contributed by atoms with Crippen LogP contribution in [0.1, 0.15) is 48.0 Å². The van der Waals surface area contributed by atoms with Crippen molar-refractivity contribution in [1.82, 2.24) is 24.8 Å². The predicted octanol–water partition coefficient (Wildman–Crippen LogP) is 3.25. The van der Waals surface area contributed by atoms with Gasteiger partial charge >= 0.3 is 0 Å². The first-order chi connectivity index (χ1) is 15.5. The lowest BCUT2D eigenvalue weighted by Crippen LogP contribution is -2.36. The summed E-state index contributed by atoms with van der Waals surface area (Å²) >= 11 is 6.48. The number of anilines is 1. The van der Waals surface area contributed by atoms with Crippen LogP contribution in [0.2, 0.25) is 5.02 Å². The second kappa shape index (κ2) is 8.63. The molecule has 0 aliphatic carbocycles. The lowest BCUT2D eigenvalue weighted by molar-refractivity contribution is -0.0424. The van der Waals surface area contributed by atoms with Gasteiger partial charge < -0.3 is 9.64 Å². The first kappa shape index (κ1) is 21.1. The lowest BCUT2D eigenvalue weighted by Gasteiger charge is -2.29. The molecule has 2 aromatic heterocycles. The van der Waals surface area contributed by atoms with E-state index in [2.05, 4.69) is 15.4 Å². The Bertz CT molecular complexity index is 1200. The van der Waals surface area contributed by atoms with E-state index in [0.717, 1.165) is 41.8 Å². The topological polar surface area (TPSA) is 78.1 Å². The van der Waals surface area contributed by atoms with Crippen LogP contribution < -0.4 is 10.5 Å². The van der Waals surface area contributed by atoms with Gasteiger partial charge in [0, 0.05) is 19.6 Å². The molecule has 10 heteroatoms. The molecule has 4 heterocycles. The van der Waals surface area contributed by atoms with E-state index in [9.17, 15) is 9.18 Å². The second-order valence-corrected chi connectivity index (χ2v) is 8.68. The standard InChI is InChI=1S/C22H24ClFN6O2/c1-14-10-16(24)6-5-15(14)12-29-18-7-8-28(13-17(18)26-27-29)19-11-25-30(22(31)21(19)23)20-4-2-3-9-32-20/h5-6,10-11,20H,2-4,7-9,12-13H2,1H3. The zero-order chi connectivity index (χ0) is 22.2. The van der Waals surface area contributed by atoms with Crippen molar-refractivity contribution >= 4 is 17.3 Å². The van der Waals surface area contributed by atoms with Crippen molar-refractivity contribution < 1.29 is 9.13 Å². The SMILES string of the molecule is Cc1cc(F)ccc1Cn1nnc2c1CCN(c1cnn(C3CCCCO3)c(=O)c1Cl)C2. The van der Waals surface area contributed by atoms with E-state index in [1.807, 2.05) is 16.5 Å². The van der Waals surface area contributed by atoms with Crippen LogP contribution in [0.3, 0.4) is 0 Å². The molecular formula is C22H24ClFN6O2. The Morgan fingerprint density at radius 1 is 1.31 bits per heavy atom. The van der Waals surface area contributed by atoms with Crippen LogP contribution in [-0.4, -0.2) is 37.9 Å². The quantitative estimate of drug-likeness (QED) is 0.597. The molecule has 1 aromatic carbocycles. The summed E-state index contributed by atoms with van der Waals surface area (Å²) in [5.41, 5.74) is 4.02. The number of aryl methyl sites for hydroxylation is 1. The van der Waals surface area contributed by atoms with Crippen LogP contribution in [0.5, 0.6) is 0 Å². The Morgan fingerprint density at radius 2 is 2.19 bits per heavy atom. The number of ether oxygens (including phenoxy) is 1. The first-order valence-corrected chi connectivity index (χ1v) is 11.2. The van der Waals surface area contributed by atoms with E-state index in [0.29, 0.717) is 38.3 Å². The molecule has 0 bridgehead atoms. The molecule has 0 radical (unpaired) electrons. The molecule has 1 saturated heterocycles. The summed E-state index contributed by atoms with van der Waals surface area (Å²) < 4.78 is 22.3. The van der Waals surface area contributed by atoms with Crippen LogP contribution >= 0.6 is 11.6 Å². The maximum Gasteiger partial charge on any atom is 0.290 e. The van der Waals surface area contributed by atoms with Crippen molar-refractivity contribution in [2.45, 2.75) is 51.9 Å². The summed E-state index contributed by atoms with van der Waals surface area (Å²) in [6, 6.07) is 4.77. The highest BCUT2D eigenvalue weighted by atomic mass is 35.5. The molecule has 1 unspecified atom stereocenters. The van der Waals surface area contributed by atoms with Crippen molar-refractivity contribution in [3.63, 3.8) is 0 Å². The number of rotatable bonds is 4. The normalized spacial score (nSPS) is 18.6. The summed E-state index contributed by atoms with van der Waals surface area (Å²) in [4.78, 5) is 14.9. The zero-order valence-electron chi connectivity index (χ0n) is 17.8. The molecule has 2 aliphatic rings. The number of nitrogens with zero attached hydrogens (tertiary/aromatic N) is 6. The van der Waals surface area contributed by atoms with Crippen LogP contribution in [0.15, 0.2) is 29.2 Å². The fraction of sp³-hybridized carbons (Fsp3) is 0.455. The Hall–Kier alpha value is -2.78. The van der Waals surface area contributed by atoms with Gasteiger partial charge in [-0.05, 0) is 49.4 Å². The van der Waals surface area contributed by atoms with Gasteiger partial charge in [-0.25, -0.2) is 9.07 Å². The summed E-state index contributed by atoms with van der Waals surface area (Å²) in [7, 11) is 0. The summed E-state index contributed by atoms with van der Waals surface area (Å²) in [5, 5.41) is 13.2. The van der Waals surface area contributed by atoms with Gasteiger partial charge in [-0.3, -0.25) is 4.79 Å². The van der Waals surface area contributed by atoms with Crippen molar-refractivity contribution in [3.05, 3.63) is 68.1 Å². The summed E-state index contributed by atoms with van der Waals surface area (Å²) in [6.07, 6.45) is 4.74. The average Bonchev–Trinajstić information content (AvgIpc) is 3.20. The summed E-state index contributed by atoms with van der Waals surface area (Å²) in [5.74, 6) is -0.245. The molecule has 0 spiro atoms. The molecule has 5 rings (SSSR count). The predicted molar refractivity (Wildman–Crippen MR) is 117 cm³/mol. The first-order valence-electron chi connectivity index (χ1n) is 10.8. The third-order valence-electron chi connectivity index (χ3n) is 6.20. The highest BCUT2D eigenvalue weighted by Gasteiger charge is 2.27.